The Morgan fingerprint density at radius 3 is 2.25 bits per heavy atom. The fraction of sp³-hybridized carbons (Fsp3) is 0.884. The van der Waals surface area contributed by atoms with E-state index in [1.165, 1.54) is 12.5 Å². The number of aliphatic hydroxyl groups excluding tert-OH is 7. The summed E-state index contributed by atoms with van der Waals surface area (Å²) in [4.78, 5) is 12.2. The summed E-state index contributed by atoms with van der Waals surface area (Å²) in [7, 11) is 0. The van der Waals surface area contributed by atoms with Crippen LogP contribution in [0.2, 0.25) is 0 Å². The molecule has 0 aromatic rings. The van der Waals surface area contributed by atoms with Gasteiger partial charge < -0.3 is 59.4 Å². The van der Waals surface area contributed by atoms with Gasteiger partial charge in [-0.15, -0.1) is 0 Å². The molecule has 6 rings (SSSR count). The number of hydrogen-bond acceptors (Lipinski definition) is 13. The van der Waals surface area contributed by atoms with Gasteiger partial charge in [-0.05, 0) is 92.8 Å². The predicted octanol–water partition coefficient (Wildman–Crippen LogP) is 3.13. The number of ether oxygens (including phenoxy) is 5. The molecule has 320 valence electrons. The normalized spacial score (nSPS) is 49.1. The first-order valence-corrected chi connectivity index (χ1v) is 20.9. The fourth-order valence-electron chi connectivity index (χ4n) is 12.7. The summed E-state index contributed by atoms with van der Waals surface area (Å²) in [6.07, 6.45) is -3.41. The smallest absolute Gasteiger partial charge is 0.303 e. The van der Waals surface area contributed by atoms with Gasteiger partial charge in [0.05, 0.1) is 31.5 Å². The highest BCUT2D eigenvalue weighted by molar-refractivity contribution is 5.66. The topological polar surface area (TPSA) is 205 Å². The number of carbonyl (C=O) groups excluding carboxylic acids is 1. The molecule has 0 unspecified atom stereocenters. The van der Waals surface area contributed by atoms with Crippen molar-refractivity contribution in [2.45, 2.75) is 181 Å². The van der Waals surface area contributed by atoms with Crippen LogP contribution in [0.3, 0.4) is 0 Å². The summed E-state index contributed by atoms with van der Waals surface area (Å²) in [5.74, 6) is -0.484. The van der Waals surface area contributed by atoms with Gasteiger partial charge in [-0.3, -0.25) is 4.79 Å². The molecule has 0 radical (unpaired) electrons. The third-order valence-electron chi connectivity index (χ3n) is 15.8. The van der Waals surface area contributed by atoms with Gasteiger partial charge in [-0.1, -0.05) is 64.8 Å². The summed E-state index contributed by atoms with van der Waals surface area (Å²) in [5.41, 5.74) is 0.808. The summed E-state index contributed by atoms with van der Waals surface area (Å²) < 4.78 is 30.6. The van der Waals surface area contributed by atoms with Gasteiger partial charge >= 0.3 is 5.97 Å². The molecule has 7 N–H and O–H groups in total. The van der Waals surface area contributed by atoms with Crippen LogP contribution >= 0.6 is 0 Å². The van der Waals surface area contributed by atoms with Crippen molar-refractivity contribution in [2.75, 3.05) is 13.2 Å². The lowest BCUT2D eigenvalue weighted by atomic mass is 9.38. The molecule has 0 spiro atoms. The first kappa shape index (κ1) is 44.1. The molecule has 0 aromatic heterocycles. The van der Waals surface area contributed by atoms with Crippen LogP contribution < -0.4 is 0 Å². The van der Waals surface area contributed by atoms with Crippen molar-refractivity contribution in [3.8, 4) is 0 Å². The molecular formula is C43H70O13. The molecular weight excluding hydrogens is 724 g/mol. The monoisotopic (exact) mass is 794 g/mol. The van der Waals surface area contributed by atoms with Gasteiger partial charge in [-0.2, -0.15) is 0 Å². The molecule has 19 atom stereocenters. The van der Waals surface area contributed by atoms with Crippen LogP contribution in [0.5, 0.6) is 0 Å². The van der Waals surface area contributed by atoms with Crippen LogP contribution in [0.4, 0.5) is 0 Å². The highest BCUT2D eigenvalue weighted by Crippen LogP contribution is 2.75. The fourth-order valence-corrected chi connectivity index (χ4v) is 12.7. The van der Waals surface area contributed by atoms with Gasteiger partial charge in [0.15, 0.2) is 18.7 Å². The molecule has 3 saturated carbocycles. The lowest BCUT2D eigenvalue weighted by Crippen LogP contribution is -2.63. The summed E-state index contributed by atoms with van der Waals surface area (Å²) >= 11 is 0. The van der Waals surface area contributed by atoms with Crippen molar-refractivity contribution >= 4 is 5.97 Å². The molecule has 0 amide bonds. The van der Waals surface area contributed by atoms with Gasteiger partial charge in [-0.25, -0.2) is 0 Å². The standard InChI is InChI=1S/C43H70O13/c1-21(2)11-10-12-22(3)31-28(54-39-36(53-23(4)45)34(50)33(49)29(19-44)55-39)18-43(9)37-26(46)17-25-24(41(37,7)15-16-42(31,43)8)13-14-30(40(25,5)6)56-38-35(51)32(48)27(47)20-52-38/h11,17,22,24,26-39,44,46-51H,10,12-16,18-20H2,1-9H3/t22-,24-,26+,27-,28+,29-,30+,31+,32+,33-,34+,35-,36-,37-,38+,39-,41+,42-,43+/m1/s1. The zero-order valence-electron chi connectivity index (χ0n) is 34.8. The highest BCUT2D eigenvalue weighted by Gasteiger charge is 2.72. The Labute approximate surface area is 332 Å². The van der Waals surface area contributed by atoms with Crippen LogP contribution in [0.25, 0.3) is 0 Å². The minimum absolute atomic E-state index is 0.00490. The molecule has 13 nitrogen and oxygen atoms in total. The van der Waals surface area contributed by atoms with E-state index in [4.69, 9.17) is 23.7 Å². The predicted molar refractivity (Wildman–Crippen MR) is 204 cm³/mol. The van der Waals surface area contributed by atoms with E-state index in [0.717, 1.165) is 37.7 Å². The van der Waals surface area contributed by atoms with Crippen LogP contribution in [-0.4, -0.2) is 129 Å². The molecule has 13 heteroatoms. The molecule has 6 aliphatic rings. The van der Waals surface area contributed by atoms with Gasteiger partial charge in [0, 0.05) is 18.3 Å². The van der Waals surface area contributed by atoms with Crippen molar-refractivity contribution in [3.63, 3.8) is 0 Å². The number of fused-ring (bicyclic) bond motifs is 5. The molecule has 56 heavy (non-hydrogen) atoms. The zero-order chi connectivity index (χ0) is 41.3. The third-order valence-corrected chi connectivity index (χ3v) is 15.8. The second-order valence-corrected chi connectivity index (χ2v) is 19.7. The van der Waals surface area contributed by atoms with Gasteiger partial charge in [0.25, 0.3) is 0 Å². The van der Waals surface area contributed by atoms with Crippen molar-refractivity contribution in [1.29, 1.82) is 0 Å². The SMILES string of the molecule is CC(=O)O[C@H]1[C@H](O[C@H]2C[C@@]3(C)[C@@H]4[C@@H](O)C=C5[C@@H](CC[C@H](O[C@@H]6OC[C@@H](O)[C@H](O)[C@H]6O)C5(C)C)[C@]4(C)CC[C@]3(C)[C@H]2[C@H](C)CCC=C(C)C)O[C@H](CO)[C@@H](O)[C@@H]1O. The molecule has 2 heterocycles. The zero-order valence-corrected chi connectivity index (χ0v) is 34.8. The first-order valence-electron chi connectivity index (χ1n) is 20.9. The quantitative estimate of drug-likeness (QED) is 0.126. The second-order valence-electron chi connectivity index (χ2n) is 19.7. The average molecular weight is 795 g/mol. The first-order chi connectivity index (χ1) is 26.1. The summed E-state index contributed by atoms with van der Waals surface area (Å²) in [6, 6.07) is 0. The molecule has 0 aromatic carbocycles. The summed E-state index contributed by atoms with van der Waals surface area (Å²) in [6.45, 7) is 18.2. The Morgan fingerprint density at radius 1 is 0.911 bits per heavy atom. The molecule has 2 aliphatic heterocycles. The Morgan fingerprint density at radius 2 is 1.61 bits per heavy atom. The van der Waals surface area contributed by atoms with Crippen LogP contribution in [0.1, 0.15) is 107 Å². The van der Waals surface area contributed by atoms with E-state index in [2.05, 4.69) is 61.5 Å². The van der Waals surface area contributed by atoms with E-state index in [-0.39, 0.29) is 47.2 Å². The van der Waals surface area contributed by atoms with Crippen molar-refractivity contribution in [1.82, 2.24) is 0 Å². The van der Waals surface area contributed by atoms with Gasteiger partial charge in [0.2, 0.25) is 0 Å². The van der Waals surface area contributed by atoms with E-state index in [1.807, 2.05) is 6.08 Å². The lowest BCUT2D eigenvalue weighted by molar-refractivity contribution is -0.317. The van der Waals surface area contributed by atoms with E-state index >= 15 is 0 Å². The van der Waals surface area contributed by atoms with Crippen molar-refractivity contribution in [3.05, 3.63) is 23.3 Å². The minimum Gasteiger partial charge on any atom is -0.454 e. The number of rotatable bonds is 10. The maximum Gasteiger partial charge on any atom is 0.303 e. The van der Waals surface area contributed by atoms with E-state index in [0.29, 0.717) is 12.8 Å². The van der Waals surface area contributed by atoms with E-state index in [9.17, 15) is 40.5 Å². The van der Waals surface area contributed by atoms with Crippen LogP contribution in [0, 0.1) is 45.3 Å². The number of carbonyl (C=O) groups is 1. The Balaban J connectivity index is 1.34. The van der Waals surface area contributed by atoms with Crippen LogP contribution in [0.15, 0.2) is 23.3 Å². The number of allylic oxidation sites excluding steroid dienone is 2. The molecule has 0 bridgehead atoms. The lowest BCUT2D eigenvalue weighted by Gasteiger charge is -2.67. The van der Waals surface area contributed by atoms with Gasteiger partial charge in [0.1, 0.15) is 36.6 Å². The third kappa shape index (κ3) is 7.37. The van der Waals surface area contributed by atoms with E-state index < -0.39 is 90.9 Å². The van der Waals surface area contributed by atoms with Crippen molar-refractivity contribution in [2.24, 2.45) is 45.3 Å². The highest BCUT2D eigenvalue weighted by atomic mass is 16.7. The number of hydrogen-bond donors (Lipinski definition) is 7. The minimum atomic E-state index is -1.53. The van der Waals surface area contributed by atoms with Crippen molar-refractivity contribution < 1.29 is 64.2 Å². The van der Waals surface area contributed by atoms with E-state index in [1.54, 1.807) is 0 Å². The number of esters is 1. The maximum atomic E-state index is 12.5. The second kappa shape index (κ2) is 16.2. The molecule has 5 fully saturated rings. The maximum absolute atomic E-state index is 12.5. The molecule has 2 saturated heterocycles. The van der Waals surface area contributed by atoms with Crippen LogP contribution in [-0.2, 0) is 28.5 Å². The average Bonchev–Trinajstić information content (AvgIpc) is 3.34. The largest absolute Gasteiger partial charge is 0.454 e. The Hall–Kier alpha value is -1.49. The Kier molecular flexibility index (Phi) is 12.7. The summed E-state index contributed by atoms with van der Waals surface area (Å²) in [5, 5.41) is 75.4. The molecule has 4 aliphatic carbocycles. The number of aliphatic hydroxyl groups is 7. The Bertz CT molecular complexity index is 1480.